The van der Waals surface area contributed by atoms with E-state index in [0.717, 1.165) is 74.4 Å². The third-order valence-electron chi connectivity index (χ3n) is 5.10. The van der Waals surface area contributed by atoms with E-state index in [2.05, 4.69) is 26.5 Å². The number of thioether (sulfide) groups is 1. The Morgan fingerprint density at radius 2 is 2.00 bits per heavy atom. The van der Waals surface area contributed by atoms with Crippen LogP contribution in [-0.4, -0.2) is 70.6 Å². The number of piperazine rings is 1. The molecule has 32 heavy (non-hydrogen) atoms. The molecule has 1 N–H and O–H groups in total. The van der Waals surface area contributed by atoms with Crippen molar-refractivity contribution in [3.63, 3.8) is 0 Å². The van der Waals surface area contributed by atoms with E-state index in [1.54, 1.807) is 12.1 Å². The number of nitrogens with one attached hydrogen (secondary N) is 1. The van der Waals surface area contributed by atoms with Crippen LogP contribution >= 0.6 is 35.7 Å². The van der Waals surface area contributed by atoms with Gasteiger partial charge in [0.2, 0.25) is 0 Å². The van der Waals surface area contributed by atoms with Crippen LogP contribution in [0.4, 0.5) is 5.69 Å². The maximum absolute atomic E-state index is 10.8. The summed E-state index contributed by atoms with van der Waals surface area (Å²) in [6.45, 7) is 7.67. The summed E-state index contributed by atoms with van der Waals surface area (Å²) in [5, 5.41) is 18.4. The van der Waals surface area contributed by atoms with Gasteiger partial charge in [0.05, 0.1) is 17.2 Å². The first-order chi connectivity index (χ1) is 15.0. The van der Waals surface area contributed by atoms with E-state index >= 15 is 0 Å². The molecule has 0 bridgehead atoms. The summed E-state index contributed by atoms with van der Waals surface area (Å²) >= 11 is 1.84. The van der Waals surface area contributed by atoms with Crippen molar-refractivity contribution in [2.24, 2.45) is 4.99 Å². The molecule has 0 aliphatic carbocycles. The lowest BCUT2D eigenvalue weighted by Gasteiger charge is -2.36. The number of hydrogen-bond acceptors (Lipinski definition) is 7. The fraction of sp³-hybridized carbons (Fsp3) is 0.524. The minimum atomic E-state index is -0.383. The molecule has 0 amide bonds. The Morgan fingerprint density at radius 1 is 1.28 bits per heavy atom. The Bertz CT molecular complexity index is 869. The highest BCUT2D eigenvalue weighted by atomic mass is 127. The quantitative estimate of drug-likeness (QED) is 0.121. The number of hydrogen-bond donors (Lipinski definition) is 1. The molecule has 9 nitrogen and oxygen atoms in total. The molecule has 1 fully saturated rings. The van der Waals surface area contributed by atoms with Crippen LogP contribution in [-0.2, 0) is 13.1 Å². The van der Waals surface area contributed by atoms with E-state index in [-0.39, 0.29) is 34.6 Å². The molecule has 1 aliphatic rings. The molecular weight excluding hydrogens is 543 g/mol. The smallest absolute Gasteiger partial charge is 0.269 e. The van der Waals surface area contributed by atoms with Crippen LogP contribution < -0.4 is 5.32 Å². The van der Waals surface area contributed by atoms with Crippen LogP contribution in [0, 0.1) is 17.0 Å². The molecule has 176 valence electrons. The van der Waals surface area contributed by atoms with E-state index in [0.29, 0.717) is 6.54 Å². The fourth-order valence-corrected chi connectivity index (χ4v) is 3.85. The van der Waals surface area contributed by atoms with Crippen molar-refractivity contribution in [1.82, 2.24) is 20.3 Å². The summed E-state index contributed by atoms with van der Waals surface area (Å²) in [6.07, 6.45) is 3.18. The minimum absolute atomic E-state index is 0. The number of nitrogens with zero attached hydrogens (tertiary/aromatic N) is 5. The summed E-state index contributed by atoms with van der Waals surface area (Å²) in [4.78, 5) is 19.9. The van der Waals surface area contributed by atoms with Crippen LogP contribution in [0.5, 0.6) is 0 Å². The van der Waals surface area contributed by atoms with Gasteiger partial charge in [-0.1, -0.05) is 17.3 Å². The lowest BCUT2D eigenvalue weighted by molar-refractivity contribution is -0.384. The number of non-ortho nitro benzene ring substituents is 1. The topological polar surface area (TPSA) is 100 Å². The molecule has 2 heterocycles. The van der Waals surface area contributed by atoms with Gasteiger partial charge in [0.25, 0.3) is 5.69 Å². The van der Waals surface area contributed by atoms with Gasteiger partial charge in [-0.2, -0.15) is 11.8 Å². The molecule has 3 rings (SSSR count). The van der Waals surface area contributed by atoms with Gasteiger partial charge in [0.1, 0.15) is 5.76 Å². The molecule has 0 saturated carbocycles. The monoisotopic (exact) mass is 574 g/mol. The predicted octanol–water partition coefficient (Wildman–Crippen LogP) is 3.53. The Balaban J connectivity index is 0.00000363. The highest BCUT2D eigenvalue weighted by Crippen LogP contribution is 2.13. The van der Waals surface area contributed by atoms with Crippen LogP contribution in [0.3, 0.4) is 0 Å². The highest BCUT2D eigenvalue weighted by Gasteiger charge is 2.20. The summed E-state index contributed by atoms with van der Waals surface area (Å²) in [6, 6.07) is 8.58. The van der Waals surface area contributed by atoms with E-state index in [1.807, 2.05) is 24.8 Å². The van der Waals surface area contributed by atoms with Gasteiger partial charge in [-0.15, -0.1) is 24.0 Å². The summed E-state index contributed by atoms with van der Waals surface area (Å²) in [7, 11) is 0. The molecule has 1 aromatic carbocycles. The van der Waals surface area contributed by atoms with E-state index in [9.17, 15) is 10.1 Å². The average Bonchev–Trinajstić information content (AvgIpc) is 3.18. The molecule has 11 heteroatoms. The average molecular weight is 574 g/mol. The molecule has 0 atom stereocenters. The zero-order valence-corrected chi connectivity index (χ0v) is 21.7. The van der Waals surface area contributed by atoms with Crippen LogP contribution in [0.25, 0.3) is 0 Å². The van der Waals surface area contributed by atoms with E-state index < -0.39 is 0 Å². The number of halogens is 1. The fourth-order valence-electron chi connectivity index (χ4n) is 3.41. The lowest BCUT2D eigenvalue weighted by Crippen LogP contribution is -2.52. The second-order valence-corrected chi connectivity index (χ2v) is 8.51. The third-order valence-corrected chi connectivity index (χ3v) is 5.80. The minimum Gasteiger partial charge on any atom is -0.361 e. The number of aryl methyl sites for hydroxylation is 1. The first-order valence-corrected chi connectivity index (χ1v) is 11.8. The predicted molar refractivity (Wildman–Crippen MR) is 139 cm³/mol. The maximum Gasteiger partial charge on any atom is 0.269 e. The molecule has 0 unspecified atom stereocenters. The Kier molecular flexibility index (Phi) is 11.2. The van der Waals surface area contributed by atoms with Crippen molar-refractivity contribution in [3.05, 3.63) is 57.5 Å². The van der Waals surface area contributed by atoms with E-state index in [4.69, 9.17) is 9.52 Å². The molecule has 1 saturated heterocycles. The van der Waals surface area contributed by atoms with Gasteiger partial charge in [0.15, 0.2) is 5.96 Å². The molecule has 0 spiro atoms. The largest absolute Gasteiger partial charge is 0.361 e. The number of rotatable bonds is 9. The number of guanidine groups is 1. The number of aliphatic imine (C=N–C) groups is 1. The van der Waals surface area contributed by atoms with Crippen molar-refractivity contribution in [2.75, 3.05) is 44.7 Å². The third kappa shape index (κ3) is 8.24. The van der Waals surface area contributed by atoms with Crippen LogP contribution in [0.15, 0.2) is 39.8 Å². The molecule has 0 radical (unpaired) electrons. The summed E-state index contributed by atoms with van der Waals surface area (Å²) in [5.41, 5.74) is 2.02. The van der Waals surface area contributed by atoms with Crippen molar-refractivity contribution in [1.29, 1.82) is 0 Å². The standard InChI is InChI=1S/C21H30N6O3S.HI/c1-17-14-19(24-30-17)16-25-9-11-26(12-10-25)21(22-8-3-13-31-2)23-15-18-4-6-20(7-5-18)27(28)29;/h4-7,14H,3,8-13,15-16H2,1-2H3,(H,22,23);1H. The lowest BCUT2D eigenvalue weighted by atomic mass is 10.2. The van der Waals surface area contributed by atoms with Gasteiger partial charge in [-0.05, 0) is 30.9 Å². The molecule has 2 aromatic rings. The Labute approximate surface area is 210 Å². The normalized spacial score (nSPS) is 14.8. The van der Waals surface area contributed by atoms with Gasteiger partial charge >= 0.3 is 0 Å². The molecule has 1 aromatic heterocycles. The maximum atomic E-state index is 10.8. The Morgan fingerprint density at radius 3 is 2.59 bits per heavy atom. The number of aromatic nitrogens is 1. The van der Waals surface area contributed by atoms with Gasteiger partial charge in [-0.3, -0.25) is 15.0 Å². The van der Waals surface area contributed by atoms with E-state index in [1.165, 1.54) is 12.1 Å². The summed E-state index contributed by atoms with van der Waals surface area (Å²) < 4.78 is 5.17. The van der Waals surface area contributed by atoms with Crippen LogP contribution in [0.1, 0.15) is 23.4 Å². The van der Waals surface area contributed by atoms with Crippen LogP contribution in [0.2, 0.25) is 0 Å². The second-order valence-electron chi connectivity index (χ2n) is 7.53. The summed E-state index contributed by atoms with van der Waals surface area (Å²) in [5.74, 6) is 2.84. The van der Waals surface area contributed by atoms with Gasteiger partial charge < -0.3 is 14.7 Å². The number of benzene rings is 1. The zero-order valence-electron chi connectivity index (χ0n) is 18.5. The first-order valence-electron chi connectivity index (χ1n) is 10.4. The highest BCUT2D eigenvalue weighted by molar-refractivity contribution is 14.0. The molecular formula is C21H31IN6O3S. The number of nitro groups is 1. The van der Waals surface area contributed by atoms with Crippen molar-refractivity contribution < 1.29 is 9.45 Å². The first kappa shape index (κ1) is 26.4. The SMILES string of the molecule is CSCCCNC(=NCc1ccc([N+](=O)[O-])cc1)N1CCN(Cc2cc(C)on2)CC1.I. The van der Waals surface area contributed by atoms with Gasteiger partial charge in [-0.25, -0.2) is 4.99 Å². The van der Waals surface area contributed by atoms with Crippen molar-refractivity contribution >= 4 is 47.4 Å². The van der Waals surface area contributed by atoms with Crippen molar-refractivity contribution in [3.8, 4) is 0 Å². The number of nitro benzene ring substituents is 1. The van der Waals surface area contributed by atoms with Gasteiger partial charge in [0, 0.05) is 57.5 Å². The molecule has 1 aliphatic heterocycles. The van der Waals surface area contributed by atoms with Crippen molar-refractivity contribution in [2.45, 2.75) is 26.4 Å². The zero-order chi connectivity index (χ0) is 22.1. The Hall–Kier alpha value is -1.86. The second kappa shape index (κ2) is 13.6.